The van der Waals surface area contributed by atoms with E-state index in [9.17, 15) is 0 Å². The third kappa shape index (κ3) is 3.04. The van der Waals surface area contributed by atoms with Crippen LogP contribution in [0.2, 0.25) is 0 Å². The molecule has 2 atom stereocenters. The van der Waals surface area contributed by atoms with E-state index in [0.717, 1.165) is 11.6 Å². The van der Waals surface area contributed by atoms with Crippen LogP contribution >= 0.6 is 0 Å². The summed E-state index contributed by atoms with van der Waals surface area (Å²) in [5.74, 6) is 1.43. The largest absolute Gasteiger partial charge is 0.359 e. The van der Waals surface area contributed by atoms with Crippen LogP contribution in [0.3, 0.4) is 0 Å². The predicted molar refractivity (Wildman–Crippen MR) is 78.9 cm³/mol. The van der Waals surface area contributed by atoms with Gasteiger partial charge in [-0.2, -0.15) is 0 Å². The summed E-state index contributed by atoms with van der Waals surface area (Å²) >= 11 is 0. The minimum absolute atomic E-state index is 0.691. The van der Waals surface area contributed by atoms with E-state index in [1.165, 1.54) is 31.4 Å². The van der Waals surface area contributed by atoms with Gasteiger partial charge in [0.05, 0.1) is 0 Å². The van der Waals surface area contributed by atoms with Crippen LogP contribution in [0.5, 0.6) is 0 Å². The molecule has 18 heavy (non-hydrogen) atoms. The van der Waals surface area contributed by atoms with E-state index in [4.69, 9.17) is 0 Å². The van der Waals surface area contributed by atoms with Crippen molar-refractivity contribution in [3.05, 3.63) is 60.5 Å². The molecule has 96 valence electrons. The summed E-state index contributed by atoms with van der Waals surface area (Å²) in [7, 11) is 0. The molecule has 2 aliphatic carbocycles. The fourth-order valence-corrected chi connectivity index (χ4v) is 2.88. The van der Waals surface area contributed by atoms with E-state index in [1.54, 1.807) is 0 Å². The fourth-order valence-electron chi connectivity index (χ4n) is 2.88. The summed E-state index contributed by atoms with van der Waals surface area (Å²) in [6.45, 7) is 5.77. The Morgan fingerprint density at radius 3 is 3.00 bits per heavy atom. The number of fused-ring (bicyclic) bond motifs is 1. The number of hydrogen-bond donors (Lipinski definition) is 1. The molecule has 0 saturated heterocycles. The maximum Gasteiger partial charge on any atom is 0.0338 e. The van der Waals surface area contributed by atoms with Gasteiger partial charge in [0.25, 0.3) is 0 Å². The lowest BCUT2D eigenvalue weighted by molar-refractivity contribution is 0.311. The van der Waals surface area contributed by atoms with Gasteiger partial charge in [-0.3, -0.25) is 0 Å². The molecule has 1 saturated carbocycles. The normalized spacial score (nSPS) is 27.8. The molecular weight excluding hydrogens is 218 g/mol. The van der Waals surface area contributed by atoms with Gasteiger partial charge in [-0.15, -0.1) is 0 Å². The Balaban J connectivity index is 2.07. The van der Waals surface area contributed by atoms with Crippen LogP contribution in [0, 0.1) is 11.8 Å². The van der Waals surface area contributed by atoms with Gasteiger partial charge in [0.1, 0.15) is 0 Å². The van der Waals surface area contributed by atoms with Crippen molar-refractivity contribution in [1.82, 2.24) is 5.32 Å². The van der Waals surface area contributed by atoms with Crippen molar-refractivity contribution in [3.8, 4) is 0 Å². The highest BCUT2D eigenvalue weighted by molar-refractivity contribution is 5.30. The Labute approximate surface area is 111 Å². The van der Waals surface area contributed by atoms with Crippen molar-refractivity contribution in [2.24, 2.45) is 11.8 Å². The molecule has 1 N–H and O–H groups in total. The van der Waals surface area contributed by atoms with Crippen LogP contribution in [0.1, 0.15) is 32.6 Å². The highest BCUT2D eigenvalue weighted by Gasteiger charge is 2.27. The minimum Gasteiger partial charge on any atom is -0.359 e. The molecule has 2 unspecified atom stereocenters. The molecule has 1 fully saturated rings. The number of allylic oxidation sites excluding steroid dienone is 8. The summed E-state index contributed by atoms with van der Waals surface area (Å²) < 4.78 is 0. The second-order valence-corrected chi connectivity index (χ2v) is 5.03. The quantitative estimate of drug-likeness (QED) is 0.715. The van der Waals surface area contributed by atoms with Crippen LogP contribution in [0.4, 0.5) is 0 Å². The van der Waals surface area contributed by atoms with Gasteiger partial charge in [-0.25, -0.2) is 0 Å². The van der Waals surface area contributed by atoms with Crippen molar-refractivity contribution in [1.29, 1.82) is 0 Å². The Morgan fingerprint density at radius 2 is 2.22 bits per heavy atom. The second kappa shape index (κ2) is 6.44. The van der Waals surface area contributed by atoms with Crippen LogP contribution < -0.4 is 5.32 Å². The van der Waals surface area contributed by atoms with Gasteiger partial charge in [0.2, 0.25) is 0 Å². The molecule has 2 aliphatic rings. The predicted octanol–water partition coefficient (Wildman–Crippen LogP) is 4.48. The molecule has 0 bridgehead atoms. The van der Waals surface area contributed by atoms with Gasteiger partial charge in [-0.1, -0.05) is 49.8 Å². The molecule has 0 aromatic carbocycles. The molecule has 0 aromatic rings. The lowest BCUT2D eigenvalue weighted by Crippen LogP contribution is -2.28. The molecule has 0 heterocycles. The summed E-state index contributed by atoms with van der Waals surface area (Å²) in [5, 5.41) is 3.58. The van der Waals surface area contributed by atoms with Gasteiger partial charge in [0, 0.05) is 17.3 Å². The summed E-state index contributed by atoms with van der Waals surface area (Å²) in [5.41, 5.74) is 2.53. The van der Waals surface area contributed by atoms with E-state index >= 15 is 0 Å². The van der Waals surface area contributed by atoms with Crippen molar-refractivity contribution in [3.63, 3.8) is 0 Å². The highest BCUT2D eigenvalue weighted by atomic mass is 14.9. The van der Waals surface area contributed by atoms with Crippen molar-refractivity contribution >= 4 is 0 Å². The SMILES string of the molecule is C=C/C=C\C(=C/C)NC1=CC=CC2CCCCC12. The Bertz CT molecular complexity index is 409. The zero-order chi connectivity index (χ0) is 12.8. The Kier molecular flexibility index (Phi) is 4.63. The topological polar surface area (TPSA) is 12.0 Å². The first-order valence-corrected chi connectivity index (χ1v) is 6.96. The first kappa shape index (κ1) is 12.9. The van der Waals surface area contributed by atoms with E-state index in [0.29, 0.717) is 5.92 Å². The molecular formula is C17H23N. The maximum atomic E-state index is 3.71. The van der Waals surface area contributed by atoms with Crippen LogP contribution in [0.25, 0.3) is 0 Å². The molecule has 0 amide bonds. The van der Waals surface area contributed by atoms with E-state index in [1.807, 2.05) is 12.2 Å². The molecule has 1 heteroatoms. The molecule has 2 rings (SSSR count). The first-order valence-electron chi connectivity index (χ1n) is 6.96. The van der Waals surface area contributed by atoms with E-state index < -0.39 is 0 Å². The minimum atomic E-state index is 0.691. The van der Waals surface area contributed by atoms with Crippen molar-refractivity contribution in [2.75, 3.05) is 0 Å². The lowest BCUT2D eigenvalue weighted by atomic mass is 9.75. The maximum absolute atomic E-state index is 3.71. The monoisotopic (exact) mass is 241 g/mol. The van der Waals surface area contributed by atoms with Crippen molar-refractivity contribution < 1.29 is 0 Å². The average Bonchev–Trinajstić information content (AvgIpc) is 2.43. The van der Waals surface area contributed by atoms with Gasteiger partial charge >= 0.3 is 0 Å². The first-order chi connectivity index (χ1) is 8.85. The zero-order valence-electron chi connectivity index (χ0n) is 11.2. The second-order valence-electron chi connectivity index (χ2n) is 5.03. The third-order valence-electron chi connectivity index (χ3n) is 3.86. The van der Waals surface area contributed by atoms with E-state index in [2.05, 4.69) is 49.2 Å². The van der Waals surface area contributed by atoms with Gasteiger partial charge < -0.3 is 5.32 Å². The summed E-state index contributed by atoms with van der Waals surface area (Å²) in [6, 6.07) is 0. The highest BCUT2D eigenvalue weighted by Crippen LogP contribution is 2.37. The number of rotatable bonds is 4. The summed E-state index contributed by atoms with van der Waals surface area (Å²) in [4.78, 5) is 0. The third-order valence-corrected chi connectivity index (χ3v) is 3.86. The van der Waals surface area contributed by atoms with Crippen molar-refractivity contribution in [2.45, 2.75) is 32.6 Å². The van der Waals surface area contributed by atoms with Crippen LogP contribution in [-0.4, -0.2) is 0 Å². The molecule has 0 spiro atoms. The fraction of sp³-hybridized carbons (Fsp3) is 0.412. The smallest absolute Gasteiger partial charge is 0.0338 e. The molecule has 0 aliphatic heterocycles. The van der Waals surface area contributed by atoms with Gasteiger partial charge in [0.15, 0.2) is 0 Å². The van der Waals surface area contributed by atoms with Crippen LogP contribution in [-0.2, 0) is 0 Å². The standard InChI is InChI=1S/C17H23N/c1-3-5-11-15(4-2)18-17-13-8-10-14-9-6-7-12-16(14)17/h3-5,8,10-11,13-14,16,18H,1,6-7,9,12H2,2H3/b11-5-,15-4+. The summed E-state index contributed by atoms with van der Waals surface area (Å²) in [6.07, 6.45) is 20.2. The van der Waals surface area contributed by atoms with Crippen LogP contribution in [0.15, 0.2) is 60.5 Å². The zero-order valence-corrected chi connectivity index (χ0v) is 11.2. The van der Waals surface area contributed by atoms with Gasteiger partial charge in [-0.05, 0) is 37.8 Å². The number of nitrogens with one attached hydrogen (secondary N) is 1. The Hall–Kier alpha value is -1.50. The number of hydrogen-bond acceptors (Lipinski definition) is 1. The lowest BCUT2D eigenvalue weighted by Gasteiger charge is -2.34. The molecule has 0 radical (unpaired) electrons. The van der Waals surface area contributed by atoms with E-state index in [-0.39, 0.29) is 0 Å². The molecule has 1 nitrogen and oxygen atoms in total. The average molecular weight is 241 g/mol. The Morgan fingerprint density at radius 1 is 1.39 bits per heavy atom. The molecule has 0 aromatic heterocycles.